The Morgan fingerprint density at radius 1 is 1.26 bits per heavy atom. The van der Waals surface area contributed by atoms with Gasteiger partial charge in [-0.25, -0.2) is 8.78 Å². The van der Waals surface area contributed by atoms with Crippen LogP contribution in [0, 0.1) is 11.6 Å². The molecular weight excluding hydrogens is 320 g/mol. The number of aromatic amines is 1. The van der Waals surface area contributed by atoms with E-state index in [0.717, 1.165) is 12.1 Å². The smallest absolute Gasteiger partial charge is 0.224 e. The molecule has 3 rings (SSSR count). The normalized spacial score (nSPS) is 9.87. The number of hydrogen-bond donors (Lipinski definition) is 2. The van der Waals surface area contributed by atoms with Gasteiger partial charge in [-0.2, -0.15) is 0 Å². The van der Waals surface area contributed by atoms with Gasteiger partial charge in [0.1, 0.15) is 11.6 Å². The Bertz CT molecular complexity index is 747. The number of likely N-dealkylation sites (N-methyl/N-ethyl adjacent to an activating group) is 1. The highest BCUT2D eigenvalue weighted by atomic mass is 32.1. The van der Waals surface area contributed by atoms with Crippen LogP contribution >= 0.6 is 11.5 Å². The largest absolute Gasteiger partial charge is 0.359 e. The lowest BCUT2D eigenvalue weighted by Gasteiger charge is -2.01. The zero-order valence-corrected chi connectivity index (χ0v) is 13.2. The second-order valence-electron chi connectivity index (χ2n) is 4.57. The highest BCUT2D eigenvalue weighted by Gasteiger charge is 2.07. The van der Waals surface area contributed by atoms with Crippen LogP contribution in [-0.2, 0) is 11.2 Å². The minimum Gasteiger partial charge on any atom is -0.359 e. The number of nitrogens with one attached hydrogen (secondary N) is 2. The Morgan fingerprint density at radius 3 is 2.48 bits per heavy atom. The summed E-state index contributed by atoms with van der Waals surface area (Å²) in [5.41, 5.74) is 2.59. The lowest BCUT2D eigenvalue weighted by atomic mass is 10.1. The fourth-order valence-corrected chi connectivity index (χ4v) is 2.19. The van der Waals surface area contributed by atoms with Crippen molar-refractivity contribution in [2.24, 2.45) is 0 Å². The molecule has 120 valence electrons. The highest BCUT2D eigenvalue weighted by Crippen LogP contribution is 2.19. The zero-order chi connectivity index (χ0) is 16.7. The number of nitrogens with zero attached hydrogens (tertiary/aromatic N) is 1. The Labute approximate surface area is 136 Å². The topological polar surface area (TPSA) is 57.8 Å². The van der Waals surface area contributed by atoms with Crippen molar-refractivity contribution < 1.29 is 13.6 Å². The molecule has 0 saturated heterocycles. The zero-order valence-electron chi connectivity index (χ0n) is 12.3. The van der Waals surface area contributed by atoms with Crippen molar-refractivity contribution in [2.45, 2.75) is 6.42 Å². The van der Waals surface area contributed by atoms with E-state index in [-0.39, 0.29) is 17.9 Å². The molecule has 0 fully saturated rings. The van der Waals surface area contributed by atoms with Gasteiger partial charge in [0, 0.05) is 36.5 Å². The molecule has 0 radical (unpaired) electrons. The number of hydrogen-bond acceptors (Lipinski definition) is 3. The van der Waals surface area contributed by atoms with Crippen molar-refractivity contribution in [3.05, 3.63) is 65.3 Å². The quantitative estimate of drug-likeness (QED) is 0.771. The second kappa shape index (κ2) is 8.19. The number of benzene rings is 1. The SMILES string of the molecule is CNC(=O)Cc1ccc(F)cc1F.c1cc(-c2cs[nH]2)ccn1. The summed E-state index contributed by atoms with van der Waals surface area (Å²) < 4.78 is 28.5. The molecule has 2 aromatic heterocycles. The van der Waals surface area contributed by atoms with Crippen LogP contribution < -0.4 is 5.32 Å². The molecule has 1 aromatic carbocycles. The molecule has 0 aliphatic heterocycles. The molecule has 0 saturated carbocycles. The Kier molecular flexibility index (Phi) is 5.99. The third-order valence-electron chi connectivity index (χ3n) is 2.98. The summed E-state index contributed by atoms with van der Waals surface area (Å²) in [4.78, 5) is 14.8. The molecule has 0 aliphatic rings. The Balaban J connectivity index is 0.000000172. The van der Waals surface area contributed by atoms with Crippen LogP contribution in [0.2, 0.25) is 0 Å². The molecule has 0 unspecified atom stereocenters. The lowest BCUT2D eigenvalue weighted by molar-refractivity contribution is -0.120. The van der Waals surface area contributed by atoms with Crippen molar-refractivity contribution in [3.8, 4) is 11.3 Å². The molecule has 3 aromatic rings. The summed E-state index contributed by atoms with van der Waals surface area (Å²) >= 11 is 1.61. The van der Waals surface area contributed by atoms with Gasteiger partial charge in [0.25, 0.3) is 0 Å². The molecule has 23 heavy (non-hydrogen) atoms. The average molecular weight is 335 g/mol. The minimum absolute atomic E-state index is 0.0669. The Morgan fingerprint density at radius 2 is 1.96 bits per heavy atom. The lowest BCUT2D eigenvalue weighted by Crippen LogP contribution is -2.20. The Hall–Kier alpha value is -2.54. The van der Waals surface area contributed by atoms with Crippen molar-refractivity contribution >= 4 is 17.4 Å². The van der Waals surface area contributed by atoms with Gasteiger partial charge < -0.3 is 9.69 Å². The van der Waals surface area contributed by atoms with E-state index in [0.29, 0.717) is 0 Å². The van der Waals surface area contributed by atoms with Gasteiger partial charge in [-0.1, -0.05) is 17.6 Å². The number of aromatic nitrogens is 2. The molecule has 0 aliphatic carbocycles. The number of amides is 1. The number of carbonyl (C=O) groups excluding carboxylic acids is 1. The van der Waals surface area contributed by atoms with E-state index in [1.807, 2.05) is 12.1 Å². The van der Waals surface area contributed by atoms with E-state index in [1.54, 1.807) is 23.9 Å². The van der Waals surface area contributed by atoms with E-state index in [1.165, 1.54) is 24.4 Å². The van der Waals surface area contributed by atoms with Crippen LogP contribution in [0.15, 0.2) is 48.1 Å². The fraction of sp³-hybridized carbons (Fsp3) is 0.125. The monoisotopic (exact) mass is 335 g/mol. The van der Waals surface area contributed by atoms with Crippen LogP contribution in [-0.4, -0.2) is 22.3 Å². The first kappa shape index (κ1) is 16.8. The summed E-state index contributed by atoms with van der Waals surface area (Å²) in [7, 11) is 1.46. The summed E-state index contributed by atoms with van der Waals surface area (Å²) in [5.74, 6) is -1.63. The van der Waals surface area contributed by atoms with Crippen LogP contribution in [0.3, 0.4) is 0 Å². The molecule has 2 heterocycles. The van der Waals surface area contributed by atoms with Gasteiger partial charge >= 0.3 is 0 Å². The van der Waals surface area contributed by atoms with Crippen molar-refractivity contribution in [1.29, 1.82) is 0 Å². The summed E-state index contributed by atoms with van der Waals surface area (Å²) in [5, 5.41) is 4.43. The maximum atomic E-state index is 12.9. The third-order valence-corrected chi connectivity index (χ3v) is 3.67. The second-order valence-corrected chi connectivity index (χ2v) is 5.25. The van der Waals surface area contributed by atoms with Crippen molar-refractivity contribution in [3.63, 3.8) is 0 Å². The predicted octanol–water partition coefficient (Wildman–Crippen LogP) is 3.39. The summed E-state index contributed by atoms with van der Waals surface area (Å²) in [6.07, 6.45) is 3.52. The van der Waals surface area contributed by atoms with Gasteiger partial charge in [0.15, 0.2) is 0 Å². The predicted molar refractivity (Wildman–Crippen MR) is 86.0 cm³/mol. The fourth-order valence-electron chi connectivity index (χ4n) is 1.70. The van der Waals surface area contributed by atoms with Crippen molar-refractivity contribution in [2.75, 3.05) is 7.05 Å². The van der Waals surface area contributed by atoms with E-state index >= 15 is 0 Å². The van der Waals surface area contributed by atoms with E-state index in [2.05, 4.69) is 20.1 Å². The van der Waals surface area contributed by atoms with Crippen LogP contribution in [0.5, 0.6) is 0 Å². The van der Waals surface area contributed by atoms with Gasteiger partial charge in [-0.15, -0.1) is 0 Å². The molecular formula is C16H15F2N3OS. The number of H-pyrrole nitrogens is 1. The van der Waals surface area contributed by atoms with Gasteiger partial charge in [-0.05, 0) is 23.8 Å². The third kappa shape index (κ3) is 5.00. The standard InChI is InChI=1S/C9H9F2NO.C7H6N2S/c1-12-9(13)4-6-2-3-7(10)5-8(6)11;1-3-8-4-2-6(1)7-5-10-9-7/h2-3,5H,4H2,1H3,(H,12,13);1-5,9H. The van der Waals surface area contributed by atoms with E-state index in [4.69, 9.17) is 0 Å². The molecule has 7 heteroatoms. The molecule has 1 amide bonds. The van der Waals surface area contributed by atoms with Crippen LogP contribution in [0.25, 0.3) is 11.3 Å². The maximum absolute atomic E-state index is 12.9. The highest BCUT2D eigenvalue weighted by molar-refractivity contribution is 7.05. The minimum atomic E-state index is -0.691. The molecule has 0 atom stereocenters. The first-order chi connectivity index (χ1) is 11.1. The van der Waals surface area contributed by atoms with E-state index in [9.17, 15) is 13.6 Å². The van der Waals surface area contributed by atoms with E-state index < -0.39 is 11.6 Å². The van der Waals surface area contributed by atoms with Gasteiger partial charge in [0.05, 0.1) is 12.1 Å². The van der Waals surface area contributed by atoms with Crippen molar-refractivity contribution in [1.82, 2.24) is 14.7 Å². The van der Waals surface area contributed by atoms with Crippen LogP contribution in [0.1, 0.15) is 5.56 Å². The maximum Gasteiger partial charge on any atom is 0.224 e. The molecule has 0 bridgehead atoms. The molecule has 4 nitrogen and oxygen atoms in total. The number of carbonyl (C=O) groups is 1. The number of halogens is 2. The van der Waals surface area contributed by atoms with Gasteiger partial charge in [-0.3, -0.25) is 9.78 Å². The summed E-state index contributed by atoms with van der Waals surface area (Å²) in [6, 6.07) is 7.12. The molecule has 0 spiro atoms. The first-order valence-electron chi connectivity index (χ1n) is 6.77. The van der Waals surface area contributed by atoms with Crippen LogP contribution in [0.4, 0.5) is 8.78 Å². The average Bonchev–Trinajstić information content (AvgIpc) is 2.50. The molecule has 2 N–H and O–H groups in total. The number of rotatable bonds is 3. The number of pyridine rings is 1. The first-order valence-corrected chi connectivity index (χ1v) is 7.65. The van der Waals surface area contributed by atoms with Gasteiger partial charge in [0.2, 0.25) is 5.91 Å². The summed E-state index contributed by atoms with van der Waals surface area (Å²) in [6.45, 7) is 0.